The minimum atomic E-state index is 0.151. The van der Waals surface area contributed by atoms with E-state index in [9.17, 15) is 4.79 Å². The Kier molecular flexibility index (Phi) is 5.65. The zero-order chi connectivity index (χ0) is 11.1. The first-order valence-corrected chi connectivity index (χ1v) is 5.79. The molecule has 0 aromatic heterocycles. The Hall–Kier alpha value is -0.610. The van der Waals surface area contributed by atoms with Crippen molar-refractivity contribution in [2.24, 2.45) is 0 Å². The van der Waals surface area contributed by atoms with E-state index in [1.54, 1.807) is 7.11 Å². The highest BCUT2D eigenvalue weighted by atomic mass is 16.5. The van der Waals surface area contributed by atoms with E-state index in [-0.39, 0.29) is 5.91 Å². The third-order valence-electron chi connectivity index (χ3n) is 2.86. The van der Waals surface area contributed by atoms with Crippen LogP contribution in [-0.2, 0) is 9.53 Å². The highest BCUT2D eigenvalue weighted by Gasteiger charge is 2.25. The van der Waals surface area contributed by atoms with Gasteiger partial charge in [0.15, 0.2) is 0 Å². The van der Waals surface area contributed by atoms with Crippen LogP contribution in [0.2, 0.25) is 0 Å². The maximum absolute atomic E-state index is 11.5. The summed E-state index contributed by atoms with van der Waals surface area (Å²) in [7, 11) is 1.74. The van der Waals surface area contributed by atoms with Gasteiger partial charge in [-0.3, -0.25) is 4.79 Å². The lowest BCUT2D eigenvalue weighted by molar-refractivity contribution is -0.121. The van der Waals surface area contributed by atoms with Crippen LogP contribution in [0.1, 0.15) is 32.6 Å². The van der Waals surface area contributed by atoms with E-state index < -0.39 is 0 Å². The van der Waals surface area contributed by atoms with Crippen molar-refractivity contribution in [3.8, 4) is 0 Å². The fourth-order valence-corrected chi connectivity index (χ4v) is 1.96. The van der Waals surface area contributed by atoms with Crippen LogP contribution in [0.25, 0.3) is 0 Å². The molecule has 2 unspecified atom stereocenters. The van der Waals surface area contributed by atoms with E-state index >= 15 is 0 Å². The van der Waals surface area contributed by atoms with Gasteiger partial charge in [-0.05, 0) is 25.8 Å². The summed E-state index contributed by atoms with van der Waals surface area (Å²) < 4.78 is 5.26. The molecule has 15 heavy (non-hydrogen) atoms. The standard InChI is InChI=1S/C11H22N2O2/c1-3-12-7-6-11(14)13-9-4-5-10(8-9)15-2/h9-10,12H,3-8H2,1-2H3,(H,13,14). The van der Waals surface area contributed by atoms with Crippen molar-refractivity contribution in [3.63, 3.8) is 0 Å². The maximum atomic E-state index is 11.5. The number of methoxy groups -OCH3 is 1. The number of amides is 1. The largest absolute Gasteiger partial charge is 0.381 e. The smallest absolute Gasteiger partial charge is 0.221 e. The second kappa shape index (κ2) is 6.80. The van der Waals surface area contributed by atoms with Crippen molar-refractivity contribution in [3.05, 3.63) is 0 Å². The van der Waals surface area contributed by atoms with E-state index in [4.69, 9.17) is 4.74 Å². The zero-order valence-corrected chi connectivity index (χ0v) is 9.71. The van der Waals surface area contributed by atoms with Crippen LogP contribution in [0.4, 0.5) is 0 Å². The molecule has 0 radical (unpaired) electrons. The summed E-state index contributed by atoms with van der Waals surface area (Å²) in [6, 6.07) is 0.323. The zero-order valence-electron chi connectivity index (χ0n) is 9.71. The molecule has 2 N–H and O–H groups in total. The summed E-state index contributed by atoms with van der Waals surface area (Å²) in [6.45, 7) is 3.73. The highest BCUT2D eigenvalue weighted by Crippen LogP contribution is 2.21. The van der Waals surface area contributed by atoms with E-state index in [1.165, 1.54) is 0 Å². The topological polar surface area (TPSA) is 50.4 Å². The molecule has 0 aliphatic heterocycles. The van der Waals surface area contributed by atoms with Gasteiger partial charge in [0.1, 0.15) is 0 Å². The van der Waals surface area contributed by atoms with Gasteiger partial charge in [-0.15, -0.1) is 0 Å². The van der Waals surface area contributed by atoms with Crippen LogP contribution < -0.4 is 10.6 Å². The van der Waals surface area contributed by atoms with Crippen molar-refractivity contribution in [2.75, 3.05) is 20.2 Å². The lowest BCUT2D eigenvalue weighted by atomic mass is 10.2. The monoisotopic (exact) mass is 214 g/mol. The van der Waals surface area contributed by atoms with Gasteiger partial charge in [0.2, 0.25) is 5.91 Å². The summed E-state index contributed by atoms with van der Waals surface area (Å²) in [4.78, 5) is 11.5. The number of rotatable bonds is 6. The Bertz CT molecular complexity index is 197. The number of ether oxygens (including phenoxy) is 1. The van der Waals surface area contributed by atoms with Gasteiger partial charge < -0.3 is 15.4 Å². The Morgan fingerprint density at radius 2 is 2.27 bits per heavy atom. The molecular formula is C11H22N2O2. The van der Waals surface area contributed by atoms with Gasteiger partial charge in [-0.2, -0.15) is 0 Å². The summed E-state index contributed by atoms with van der Waals surface area (Å²) in [5.41, 5.74) is 0. The first kappa shape index (κ1) is 12.5. The summed E-state index contributed by atoms with van der Waals surface area (Å²) in [6.07, 6.45) is 3.98. The average Bonchev–Trinajstić information content (AvgIpc) is 2.66. The lowest BCUT2D eigenvalue weighted by Crippen LogP contribution is -2.35. The Labute approximate surface area is 91.8 Å². The highest BCUT2D eigenvalue weighted by molar-refractivity contribution is 5.76. The molecule has 0 spiro atoms. The van der Waals surface area contributed by atoms with Crippen molar-refractivity contribution in [1.82, 2.24) is 10.6 Å². The van der Waals surface area contributed by atoms with Gasteiger partial charge in [0.05, 0.1) is 6.10 Å². The molecule has 88 valence electrons. The second-order valence-corrected chi connectivity index (χ2v) is 4.04. The molecule has 4 nitrogen and oxygen atoms in total. The van der Waals surface area contributed by atoms with Crippen LogP contribution >= 0.6 is 0 Å². The predicted octanol–water partition coefficient (Wildman–Crippen LogP) is 0.670. The molecule has 0 heterocycles. The van der Waals surface area contributed by atoms with Crippen LogP contribution in [0.15, 0.2) is 0 Å². The number of carbonyl (C=O) groups excluding carboxylic acids is 1. The van der Waals surface area contributed by atoms with Gasteiger partial charge in [-0.25, -0.2) is 0 Å². The first-order chi connectivity index (χ1) is 7.26. The number of nitrogens with one attached hydrogen (secondary N) is 2. The molecule has 1 aliphatic rings. The molecule has 4 heteroatoms. The van der Waals surface area contributed by atoms with Gasteiger partial charge >= 0.3 is 0 Å². The first-order valence-electron chi connectivity index (χ1n) is 5.79. The van der Waals surface area contributed by atoms with E-state index in [2.05, 4.69) is 10.6 Å². The minimum absolute atomic E-state index is 0.151. The van der Waals surface area contributed by atoms with Crippen molar-refractivity contribution >= 4 is 5.91 Å². The lowest BCUT2D eigenvalue weighted by Gasteiger charge is -2.12. The quantitative estimate of drug-likeness (QED) is 0.639. The van der Waals surface area contributed by atoms with Crippen molar-refractivity contribution < 1.29 is 9.53 Å². The fraction of sp³-hybridized carbons (Fsp3) is 0.909. The Balaban J connectivity index is 2.10. The Morgan fingerprint density at radius 3 is 2.87 bits per heavy atom. The summed E-state index contributed by atoms with van der Waals surface area (Å²) in [5.74, 6) is 0.151. The van der Waals surface area contributed by atoms with Gasteiger partial charge in [0, 0.05) is 26.1 Å². The third-order valence-corrected chi connectivity index (χ3v) is 2.86. The SMILES string of the molecule is CCNCCC(=O)NC1CCC(OC)C1. The van der Waals surface area contributed by atoms with Crippen LogP contribution in [0.5, 0.6) is 0 Å². The molecule has 1 fully saturated rings. The van der Waals surface area contributed by atoms with Gasteiger partial charge in [0.25, 0.3) is 0 Å². The van der Waals surface area contributed by atoms with Crippen molar-refractivity contribution in [1.29, 1.82) is 0 Å². The molecule has 2 atom stereocenters. The average molecular weight is 214 g/mol. The number of hydrogen-bond acceptors (Lipinski definition) is 3. The summed E-state index contributed by atoms with van der Waals surface area (Å²) in [5, 5.41) is 6.18. The van der Waals surface area contributed by atoms with Crippen LogP contribution in [0.3, 0.4) is 0 Å². The maximum Gasteiger partial charge on any atom is 0.221 e. The van der Waals surface area contributed by atoms with E-state index in [1.807, 2.05) is 6.92 Å². The number of carbonyl (C=O) groups is 1. The molecule has 0 saturated heterocycles. The predicted molar refractivity (Wildman–Crippen MR) is 59.7 cm³/mol. The summed E-state index contributed by atoms with van der Waals surface area (Å²) >= 11 is 0. The van der Waals surface area contributed by atoms with Crippen LogP contribution in [0, 0.1) is 0 Å². The molecule has 0 aromatic carbocycles. The van der Waals surface area contributed by atoms with Crippen LogP contribution in [-0.4, -0.2) is 38.3 Å². The molecule has 0 aromatic rings. The molecular weight excluding hydrogens is 192 g/mol. The normalized spacial score (nSPS) is 25.5. The molecule has 1 saturated carbocycles. The van der Waals surface area contributed by atoms with Gasteiger partial charge in [-0.1, -0.05) is 6.92 Å². The second-order valence-electron chi connectivity index (χ2n) is 4.04. The molecule has 1 rings (SSSR count). The Morgan fingerprint density at radius 1 is 1.47 bits per heavy atom. The van der Waals surface area contributed by atoms with E-state index in [0.717, 1.165) is 32.4 Å². The molecule has 0 bridgehead atoms. The molecule has 1 amide bonds. The number of hydrogen-bond donors (Lipinski definition) is 2. The molecule has 1 aliphatic carbocycles. The van der Waals surface area contributed by atoms with E-state index in [0.29, 0.717) is 18.6 Å². The minimum Gasteiger partial charge on any atom is -0.381 e. The fourth-order valence-electron chi connectivity index (χ4n) is 1.96. The van der Waals surface area contributed by atoms with Crippen molar-refractivity contribution in [2.45, 2.75) is 44.8 Å². The third kappa shape index (κ3) is 4.62.